The van der Waals surface area contributed by atoms with Gasteiger partial charge in [-0.05, 0) is 18.2 Å². The van der Waals surface area contributed by atoms with Gasteiger partial charge in [-0.25, -0.2) is 0 Å². The summed E-state index contributed by atoms with van der Waals surface area (Å²) >= 11 is 2.82. The minimum atomic E-state index is -4.52. The number of aromatic nitrogens is 2. The largest absolute Gasteiger partial charge is 0.417 e. The highest BCUT2D eigenvalue weighted by Crippen LogP contribution is 2.36. The van der Waals surface area contributed by atoms with Gasteiger partial charge in [-0.2, -0.15) is 18.3 Å². The van der Waals surface area contributed by atoms with Gasteiger partial charge in [0.2, 0.25) is 0 Å². The number of carbonyl (C=O) groups is 1. The molecule has 2 rings (SSSR count). The second kappa shape index (κ2) is 5.16. The molecular formula is C11H8BrF3N4O. The number of hydrogen-bond acceptors (Lipinski definition) is 3. The molecule has 5 nitrogen and oxygen atoms in total. The summed E-state index contributed by atoms with van der Waals surface area (Å²) in [4.78, 5) is 11.8. The zero-order valence-electron chi connectivity index (χ0n) is 9.75. The molecular weight excluding hydrogens is 341 g/mol. The van der Waals surface area contributed by atoms with Crippen molar-refractivity contribution in [2.75, 3.05) is 11.1 Å². The monoisotopic (exact) mass is 348 g/mol. The fraction of sp³-hybridized carbons (Fsp3) is 0.0909. The molecule has 0 spiro atoms. The maximum Gasteiger partial charge on any atom is 0.417 e. The first-order chi connectivity index (χ1) is 9.29. The van der Waals surface area contributed by atoms with Crippen LogP contribution in [-0.2, 0) is 6.18 Å². The summed E-state index contributed by atoms with van der Waals surface area (Å²) in [6, 6.07) is 3.38. The maximum absolute atomic E-state index is 12.7. The average Bonchev–Trinajstić information content (AvgIpc) is 2.76. The normalized spacial score (nSPS) is 11.4. The number of nitrogens with zero attached hydrogens (tertiary/aromatic N) is 1. The summed E-state index contributed by atoms with van der Waals surface area (Å²) in [6.07, 6.45) is -3.33. The summed E-state index contributed by atoms with van der Waals surface area (Å²) in [6.45, 7) is 0. The molecule has 0 bridgehead atoms. The van der Waals surface area contributed by atoms with Gasteiger partial charge in [0.15, 0.2) is 0 Å². The number of rotatable bonds is 2. The van der Waals surface area contributed by atoms with Crippen LogP contribution in [0.3, 0.4) is 0 Å². The Morgan fingerprint density at radius 3 is 2.65 bits per heavy atom. The number of nitrogens with two attached hydrogens (primary N) is 1. The van der Waals surface area contributed by atoms with Crippen molar-refractivity contribution >= 4 is 33.3 Å². The topological polar surface area (TPSA) is 83.8 Å². The van der Waals surface area contributed by atoms with E-state index in [1.54, 1.807) is 0 Å². The molecule has 0 unspecified atom stereocenters. The molecule has 4 N–H and O–H groups in total. The first-order valence-corrected chi connectivity index (χ1v) is 6.05. The van der Waals surface area contributed by atoms with Crippen LogP contribution in [0.5, 0.6) is 0 Å². The molecule has 9 heteroatoms. The molecule has 0 saturated heterocycles. The average molecular weight is 349 g/mol. The second-order valence-electron chi connectivity index (χ2n) is 3.84. The van der Waals surface area contributed by atoms with E-state index in [2.05, 4.69) is 31.4 Å². The van der Waals surface area contributed by atoms with Crippen molar-refractivity contribution in [3.8, 4) is 0 Å². The third-order valence-corrected chi connectivity index (χ3v) is 3.13. The molecule has 106 valence electrons. The fourth-order valence-corrected chi connectivity index (χ4v) is 1.97. The number of amides is 1. The molecule has 0 radical (unpaired) electrons. The lowest BCUT2D eigenvalue weighted by molar-refractivity contribution is -0.138. The molecule has 1 aromatic carbocycles. The predicted octanol–water partition coefficient (Wildman–Crippen LogP) is 3.03. The SMILES string of the molecule is Nc1[nH]ncc1C(=O)Nc1ccc(Br)c(C(F)(F)F)c1. The van der Waals surface area contributed by atoms with Gasteiger partial charge in [0.05, 0.1) is 11.8 Å². The number of nitrogens with one attached hydrogen (secondary N) is 2. The lowest BCUT2D eigenvalue weighted by Gasteiger charge is -2.11. The van der Waals surface area contributed by atoms with Crippen LogP contribution >= 0.6 is 15.9 Å². The van der Waals surface area contributed by atoms with Crippen molar-refractivity contribution in [3.05, 3.63) is 40.0 Å². The van der Waals surface area contributed by atoms with E-state index < -0.39 is 17.6 Å². The molecule has 0 aliphatic heterocycles. The van der Waals surface area contributed by atoms with E-state index in [9.17, 15) is 18.0 Å². The Morgan fingerprint density at radius 1 is 1.40 bits per heavy atom. The molecule has 0 aliphatic rings. The standard InChI is InChI=1S/C11H8BrF3N4O/c12-8-2-1-5(3-7(8)11(13,14)15)18-10(20)6-4-17-19-9(6)16/h1-4H,(H,18,20)(H3,16,17,19). The summed E-state index contributed by atoms with van der Waals surface area (Å²) in [5.41, 5.74) is 4.64. The molecule has 0 saturated carbocycles. The van der Waals surface area contributed by atoms with Gasteiger partial charge in [-0.3, -0.25) is 9.89 Å². The van der Waals surface area contributed by atoms with Crippen LogP contribution in [0.15, 0.2) is 28.9 Å². The summed E-state index contributed by atoms with van der Waals surface area (Å²) in [7, 11) is 0. The van der Waals surface area contributed by atoms with Gasteiger partial charge in [0.1, 0.15) is 11.4 Å². The van der Waals surface area contributed by atoms with Crippen LogP contribution in [0.25, 0.3) is 0 Å². The summed E-state index contributed by atoms with van der Waals surface area (Å²) in [5.74, 6) is -0.609. The highest BCUT2D eigenvalue weighted by Gasteiger charge is 2.33. The smallest absolute Gasteiger partial charge is 0.383 e. The van der Waals surface area contributed by atoms with Crippen molar-refractivity contribution in [2.24, 2.45) is 0 Å². The fourth-order valence-electron chi connectivity index (χ4n) is 1.50. The van der Waals surface area contributed by atoms with Crippen molar-refractivity contribution in [1.29, 1.82) is 0 Å². The highest BCUT2D eigenvalue weighted by atomic mass is 79.9. The predicted molar refractivity (Wildman–Crippen MR) is 70.1 cm³/mol. The second-order valence-corrected chi connectivity index (χ2v) is 4.70. The Labute approximate surface area is 119 Å². The van der Waals surface area contributed by atoms with E-state index in [4.69, 9.17) is 5.73 Å². The Balaban J connectivity index is 2.27. The number of benzene rings is 1. The van der Waals surface area contributed by atoms with E-state index in [1.165, 1.54) is 18.3 Å². The summed E-state index contributed by atoms with van der Waals surface area (Å²) in [5, 5.41) is 8.24. The number of alkyl halides is 3. The Hall–Kier alpha value is -2.03. The summed E-state index contributed by atoms with van der Waals surface area (Å²) < 4.78 is 38.1. The van der Waals surface area contributed by atoms with E-state index >= 15 is 0 Å². The van der Waals surface area contributed by atoms with Crippen LogP contribution in [-0.4, -0.2) is 16.1 Å². The Morgan fingerprint density at radius 2 is 2.10 bits per heavy atom. The third kappa shape index (κ3) is 2.93. The number of H-pyrrole nitrogens is 1. The van der Waals surface area contributed by atoms with Gasteiger partial charge < -0.3 is 11.1 Å². The number of hydrogen-bond donors (Lipinski definition) is 3. The van der Waals surface area contributed by atoms with E-state index in [1.807, 2.05) is 0 Å². The molecule has 0 aliphatic carbocycles. The third-order valence-electron chi connectivity index (χ3n) is 2.44. The molecule has 2 aromatic rings. The van der Waals surface area contributed by atoms with Crippen molar-refractivity contribution in [2.45, 2.75) is 6.18 Å². The van der Waals surface area contributed by atoms with Crippen molar-refractivity contribution in [1.82, 2.24) is 10.2 Å². The van der Waals surface area contributed by atoms with Crippen molar-refractivity contribution < 1.29 is 18.0 Å². The van der Waals surface area contributed by atoms with E-state index in [0.29, 0.717) is 0 Å². The first kappa shape index (κ1) is 14.4. The number of nitrogen functional groups attached to an aromatic ring is 1. The van der Waals surface area contributed by atoms with E-state index in [-0.39, 0.29) is 21.5 Å². The quantitative estimate of drug-likeness (QED) is 0.779. The minimum absolute atomic E-state index is 0.00567. The van der Waals surface area contributed by atoms with Crippen LogP contribution in [0.1, 0.15) is 15.9 Å². The lowest BCUT2D eigenvalue weighted by Crippen LogP contribution is -2.14. The van der Waals surface area contributed by atoms with Crippen LogP contribution in [0, 0.1) is 0 Å². The number of halogens is 4. The number of aromatic amines is 1. The van der Waals surface area contributed by atoms with Crippen LogP contribution in [0.4, 0.5) is 24.7 Å². The Bertz CT molecular complexity index is 653. The maximum atomic E-state index is 12.7. The van der Waals surface area contributed by atoms with Gasteiger partial charge in [0, 0.05) is 10.2 Å². The van der Waals surface area contributed by atoms with Crippen LogP contribution < -0.4 is 11.1 Å². The Kier molecular flexibility index (Phi) is 3.71. The molecule has 0 atom stereocenters. The lowest BCUT2D eigenvalue weighted by atomic mass is 10.2. The van der Waals surface area contributed by atoms with E-state index in [0.717, 1.165) is 6.07 Å². The van der Waals surface area contributed by atoms with Gasteiger partial charge in [0.25, 0.3) is 5.91 Å². The van der Waals surface area contributed by atoms with Gasteiger partial charge in [-0.15, -0.1) is 0 Å². The molecule has 1 amide bonds. The van der Waals surface area contributed by atoms with Gasteiger partial charge >= 0.3 is 6.18 Å². The number of carbonyl (C=O) groups excluding carboxylic acids is 1. The zero-order chi connectivity index (χ0) is 14.9. The molecule has 1 aromatic heterocycles. The van der Waals surface area contributed by atoms with Crippen molar-refractivity contribution in [3.63, 3.8) is 0 Å². The van der Waals surface area contributed by atoms with Crippen LogP contribution in [0.2, 0.25) is 0 Å². The van der Waals surface area contributed by atoms with Gasteiger partial charge in [-0.1, -0.05) is 15.9 Å². The minimum Gasteiger partial charge on any atom is -0.383 e. The molecule has 20 heavy (non-hydrogen) atoms. The first-order valence-electron chi connectivity index (χ1n) is 5.26. The highest BCUT2D eigenvalue weighted by molar-refractivity contribution is 9.10. The number of anilines is 2. The zero-order valence-corrected chi connectivity index (χ0v) is 11.3. The molecule has 0 fully saturated rings. The molecule has 1 heterocycles.